The van der Waals surface area contributed by atoms with Crippen LogP contribution in [0.1, 0.15) is 30.5 Å². The molecule has 0 saturated heterocycles. The van der Waals surface area contributed by atoms with Gasteiger partial charge in [-0.1, -0.05) is 70.8 Å². The molecule has 0 bridgehead atoms. The van der Waals surface area contributed by atoms with Crippen molar-refractivity contribution in [2.75, 3.05) is 5.33 Å². The summed E-state index contributed by atoms with van der Waals surface area (Å²) in [6.07, 6.45) is 2.29. The molecule has 0 fully saturated rings. The Kier molecular flexibility index (Phi) is 4.59. The number of hydrogen-bond donors (Lipinski definition) is 0. The number of rotatable bonds is 3. The SMILES string of the molecule is Cc1cc(C)cc(C=C(CBr)C(C)C)c1. The Balaban J connectivity index is 3.05. The van der Waals surface area contributed by atoms with Crippen molar-refractivity contribution in [2.45, 2.75) is 27.7 Å². The molecule has 0 aliphatic rings. The summed E-state index contributed by atoms with van der Waals surface area (Å²) >= 11 is 3.54. The highest BCUT2D eigenvalue weighted by atomic mass is 79.9. The zero-order valence-electron chi connectivity index (χ0n) is 9.97. The van der Waals surface area contributed by atoms with Gasteiger partial charge in [-0.25, -0.2) is 0 Å². The molecule has 0 nitrogen and oxygen atoms in total. The second-order valence-electron chi connectivity index (χ2n) is 4.43. The average Bonchev–Trinajstić information content (AvgIpc) is 2.12. The minimum atomic E-state index is 0.602. The van der Waals surface area contributed by atoms with E-state index in [2.05, 4.69) is 67.9 Å². The summed E-state index contributed by atoms with van der Waals surface area (Å²) in [6.45, 7) is 8.76. The van der Waals surface area contributed by atoms with Crippen molar-refractivity contribution in [1.82, 2.24) is 0 Å². The third kappa shape index (κ3) is 3.83. The Morgan fingerprint density at radius 2 is 1.73 bits per heavy atom. The van der Waals surface area contributed by atoms with Crippen molar-refractivity contribution in [1.29, 1.82) is 0 Å². The van der Waals surface area contributed by atoms with Crippen molar-refractivity contribution >= 4 is 22.0 Å². The van der Waals surface area contributed by atoms with Gasteiger partial charge in [0.1, 0.15) is 0 Å². The molecule has 1 aromatic carbocycles. The van der Waals surface area contributed by atoms with Crippen molar-refractivity contribution < 1.29 is 0 Å². The molecule has 0 heterocycles. The van der Waals surface area contributed by atoms with Crippen molar-refractivity contribution in [3.05, 3.63) is 40.5 Å². The third-order valence-electron chi connectivity index (χ3n) is 2.49. The molecule has 0 spiro atoms. The molecular weight excluding hydrogens is 248 g/mol. The lowest BCUT2D eigenvalue weighted by Gasteiger charge is -2.08. The molecule has 0 aliphatic carbocycles. The van der Waals surface area contributed by atoms with E-state index in [0.29, 0.717) is 5.92 Å². The van der Waals surface area contributed by atoms with E-state index in [4.69, 9.17) is 0 Å². The number of hydrogen-bond acceptors (Lipinski definition) is 0. The summed E-state index contributed by atoms with van der Waals surface area (Å²) in [7, 11) is 0. The van der Waals surface area contributed by atoms with E-state index in [0.717, 1.165) is 5.33 Å². The maximum absolute atomic E-state index is 3.54. The van der Waals surface area contributed by atoms with E-state index in [-0.39, 0.29) is 0 Å². The molecule has 1 rings (SSSR count). The minimum Gasteiger partial charge on any atom is -0.0880 e. The Morgan fingerprint density at radius 1 is 1.20 bits per heavy atom. The third-order valence-corrected chi connectivity index (χ3v) is 3.14. The predicted molar refractivity (Wildman–Crippen MR) is 72.5 cm³/mol. The van der Waals surface area contributed by atoms with E-state index >= 15 is 0 Å². The average molecular weight is 267 g/mol. The molecule has 0 saturated carbocycles. The molecule has 0 aliphatic heterocycles. The van der Waals surface area contributed by atoms with Crippen LogP contribution in [0.25, 0.3) is 6.08 Å². The quantitative estimate of drug-likeness (QED) is 0.694. The van der Waals surface area contributed by atoms with Crippen LogP contribution in [0.3, 0.4) is 0 Å². The summed E-state index contributed by atoms with van der Waals surface area (Å²) < 4.78 is 0. The lowest BCUT2D eigenvalue weighted by Crippen LogP contribution is -1.95. The fraction of sp³-hybridized carbons (Fsp3) is 0.429. The van der Waals surface area contributed by atoms with E-state index in [9.17, 15) is 0 Å². The molecule has 1 heteroatoms. The van der Waals surface area contributed by atoms with Crippen LogP contribution in [0.5, 0.6) is 0 Å². The molecular formula is C14H19Br. The van der Waals surface area contributed by atoms with Crippen LogP contribution in [0, 0.1) is 19.8 Å². The van der Waals surface area contributed by atoms with Crippen LogP contribution in [0.4, 0.5) is 0 Å². The minimum absolute atomic E-state index is 0.602. The fourth-order valence-corrected chi connectivity index (χ4v) is 2.48. The Morgan fingerprint density at radius 3 is 2.13 bits per heavy atom. The number of allylic oxidation sites excluding steroid dienone is 1. The van der Waals surface area contributed by atoms with Gasteiger partial charge in [0.25, 0.3) is 0 Å². The largest absolute Gasteiger partial charge is 0.0880 e. The molecule has 0 N–H and O–H groups in total. The van der Waals surface area contributed by atoms with Crippen LogP contribution >= 0.6 is 15.9 Å². The van der Waals surface area contributed by atoms with Gasteiger partial charge in [-0.15, -0.1) is 0 Å². The van der Waals surface area contributed by atoms with Crippen LogP contribution < -0.4 is 0 Å². The van der Waals surface area contributed by atoms with E-state index in [1.54, 1.807) is 0 Å². The Bertz CT molecular complexity index is 341. The number of alkyl halides is 1. The summed E-state index contributed by atoms with van der Waals surface area (Å²) in [5, 5.41) is 0.956. The van der Waals surface area contributed by atoms with Crippen LogP contribution in [-0.4, -0.2) is 5.33 Å². The maximum Gasteiger partial charge on any atom is 0.0247 e. The van der Waals surface area contributed by atoms with Gasteiger partial charge in [0.05, 0.1) is 0 Å². The first-order valence-corrected chi connectivity index (χ1v) is 6.50. The Labute approximate surface area is 102 Å². The summed E-state index contributed by atoms with van der Waals surface area (Å²) in [5.41, 5.74) is 5.42. The highest BCUT2D eigenvalue weighted by Gasteiger charge is 2.02. The molecule has 15 heavy (non-hydrogen) atoms. The van der Waals surface area contributed by atoms with Gasteiger partial charge in [0, 0.05) is 5.33 Å². The normalized spacial score (nSPS) is 12.3. The van der Waals surface area contributed by atoms with Crippen molar-refractivity contribution in [2.24, 2.45) is 5.92 Å². The van der Waals surface area contributed by atoms with Gasteiger partial charge in [-0.3, -0.25) is 0 Å². The highest BCUT2D eigenvalue weighted by Crippen LogP contribution is 2.18. The smallest absolute Gasteiger partial charge is 0.0247 e. The van der Waals surface area contributed by atoms with E-state index in [1.807, 2.05) is 0 Å². The first-order chi connectivity index (χ1) is 7.02. The number of halogens is 1. The molecule has 0 unspecified atom stereocenters. The highest BCUT2D eigenvalue weighted by molar-refractivity contribution is 9.09. The van der Waals surface area contributed by atoms with Gasteiger partial charge in [0.2, 0.25) is 0 Å². The van der Waals surface area contributed by atoms with Crippen molar-refractivity contribution in [3.8, 4) is 0 Å². The first-order valence-electron chi connectivity index (χ1n) is 5.37. The van der Waals surface area contributed by atoms with E-state index < -0.39 is 0 Å². The first kappa shape index (κ1) is 12.5. The van der Waals surface area contributed by atoms with E-state index in [1.165, 1.54) is 22.3 Å². The van der Waals surface area contributed by atoms with Gasteiger partial charge in [-0.05, 0) is 25.3 Å². The number of benzene rings is 1. The van der Waals surface area contributed by atoms with Crippen LogP contribution in [0.2, 0.25) is 0 Å². The monoisotopic (exact) mass is 266 g/mol. The predicted octanol–water partition coefficient (Wildman–Crippen LogP) is 4.74. The topological polar surface area (TPSA) is 0 Å². The molecule has 0 aromatic heterocycles. The lowest BCUT2D eigenvalue weighted by molar-refractivity contribution is 0.781. The molecule has 0 amide bonds. The number of aryl methyl sites for hydroxylation is 2. The molecule has 1 aromatic rings. The summed E-state index contributed by atoms with van der Waals surface area (Å²) in [4.78, 5) is 0. The second kappa shape index (κ2) is 5.50. The van der Waals surface area contributed by atoms with Gasteiger partial charge < -0.3 is 0 Å². The maximum atomic E-state index is 3.54. The second-order valence-corrected chi connectivity index (χ2v) is 4.99. The zero-order chi connectivity index (χ0) is 11.4. The van der Waals surface area contributed by atoms with Crippen molar-refractivity contribution in [3.63, 3.8) is 0 Å². The molecule has 82 valence electrons. The summed E-state index contributed by atoms with van der Waals surface area (Å²) in [5.74, 6) is 0.602. The van der Waals surface area contributed by atoms with Gasteiger partial charge in [0.15, 0.2) is 0 Å². The van der Waals surface area contributed by atoms with Crippen LogP contribution in [0.15, 0.2) is 23.8 Å². The van der Waals surface area contributed by atoms with Gasteiger partial charge in [-0.2, -0.15) is 0 Å². The van der Waals surface area contributed by atoms with Crippen LogP contribution in [-0.2, 0) is 0 Å². The molecule has 0 atom stereocenters. The standard InChI is InChI=1S/C14H19Br/c1-10(2)14(9-15)8-13-6-11(3)5-12(4)7-13/h5-8,10H,9H2,1-4H3. The lowest BCUT2D eigenvalue weighted by atomic mass is 10.00. The molecule has 0 radical (unpaired) electrons. The summed E-state index contributed by atoms with van der Waals surface area (Å²) in [6, 6.07) is 6.68. The van der Waals surface area contributed by atoms with Gasteiger partial charge >= 0.3 is 0 Å². The fourth-order valence-electron chi connectivity index (χ4n) is 1.67. The Hall–Kier alpha value is -0.560. The zero-order valence-corrected chi connectivity index (χ0v) is 11.6.